The number of hydrogen-bond donors (Lipinski definition) is 3. The fraction of sp³-hybridized carbons (Fsp3) is 0.290. The van der Waals surface area contributed by atoms with Crippen LogP contribution in [0.4, 0.5) is 38.1 Å². The number of amides is 2. The maximum Gasteiger partial charge on any atom is 0.412 e. The number of nitrogens with zero attached hydrogens (tertiary/aromatic N) is 1. The molecular weight excluding hydrogens is 639 g/mol. The first-order chi connectivity index (χ1) is 21.8. The SMILES string of the molecule is C=C(OC(=O)NCC(F)(F)F)[C@@H]1CO[C@H](COc2cccc(Cl)c2N(C(=O)CN)c2cc(F)ccc2Cc2ccc(F)cc2)CN1. The molecule has 46 heavy (non-hydrogen) atoms. The summed E-state index contributed by atoms with van der Waals surface area (Å²) < 4.78 is 81.7. The minimum atomic E-state index is -4.60. The fourth-order valence-electron chi connectivity index (χ4n) is 4.54. The number of carbonyl (C=O) groups excluding carboxylic acids is 2. The molecule has 0 spiro atoms. The number of benzene rings is 3. The normalized spacial score (nSPS) is 16.4. The number of nitrogens with one attached hydrogen (secondary N) is 2. The van der Waals surface area contributed by atoms with E-state index < -0.39 is 55.0 Å². The molecule has 1 fully saturated rings. The van der Waals surface area contributed by atoms with Crippen molar-refractivity contribution in [1.29, 1.82) is 0 Å². The van der Waals surface area contributed by atoms with Gasteiger partial charge in [-0.25, -0.2) is 13.6 Å². The Kier molecular flexibility index (Phi) is 11.6. The van der Waals surface area contributed by atoms with Crippen LogP contribution < -0.4 is 26.0 Å². The number of nitrogens with two attached hydrogens (primary N) is 1. The van der Waals surface area contributed by atoms with E-state index >= 15 is 0 Å². The smallest absolute Gasteiger partial charge is 0.412 e. The number of hydrogen-bond acceptors (Lipinski definition) is 7. The highest BCUT2D eigenvalue weighted by Gasteiger charge is 2.31. The summed E-state index contributed by atoms with van der Waals surface area (Å²) in [6.07, 6.45) is -6.23. The van der Waals surface area contributed by atoms with E-state index in [-0.39, 0.29) is 54.1 Å². The zero-order chi connectivity index (χ0) is 33.4. The molecule has 0 aromatic heterocycles. The highest BCUT2D eigenvalue weighted by Crippen LogP contribution is 2.42. The fourth-order valence-corrected chi connectivity index (χ4v) is 4.79. The van der Waals surface area contributed by atoms with Gasteiger partial charge in [0.15, 0.2) is 0 Å². The summed E-state index contributed by atoms with van der Waals surface area (Å²) in [5.41, 5.74) is 7.28. The number of ether oxygens (including phenoxy) is 3. The van der Waals surface area contributed by atoms with Gasteiger partial charge in [-0.3, -0.25) is 9.69 Å². The zero-order valence-corrected chi connectivity index (χ0v) is 25.0. The van der Waals surface area contributed by atoms with E-state index in [1.165, 1.54) is 41.3 Å². The molecule has 2 atom stereocenters. The van der Waals surface area contributed by atoms with Crippen LogP contribution in [-0.2, 0) is 20.7 Å². The lowest BCUT2D eigenvalue weighted by molar-refractivity contribution is -0.123. The number of carbonyl (C=O) groups is 2. The van der Waals surface area contributed by atoms with Crippen molar-refractivity contribution in [1.82, 2.24) is 10.6 Å². The van der Waals surface area contributed by atoms with Crippen LogP contribution in [0.5, 0.6) is 5.75 Å². The Hall–Kier alpha value is -4.24. The molecule has 246 valence electrons. The van der Waals surface area contributed by atoms with Crippen LogP contribution in [0.25, 0.3) is 0 Å². The number of para-hydroxylation sites is 1. The Morgan fingerprint density at radius 3 is 2.48 bits per heavy atom. The maximum atomic E-state index is 14.6. The largest absolute Gasteiger partial charge is 0.489 e. The standard InChI is InChI=1S/C31H30ClF5N4O5/c1-18(46-30(43)40-17-31(35,36)37)25-16-44-23(14-39-25)15-45-27-4-2-3-24(32)29(27)41(28(42)13-38)26-12-22(34)10-7-20(26)11-19-5-8-21(33)9-6-19/h2-10,12,23,25,39H,1,11,13-17,38H2,(H,40,43)/t23-,25-/m0/s1. The third kappa shape index (κ3) is 9.39. The van der Waals surface area contributed by atoms with Gasteiger partial charge >= 0.3 is 12.3 Å². The molecule has 1 heterocycles. The number of halogens is 6. The van der Waals surface area contributed by atoms with Crippen LogP contribution in [0.1, 0.15) is 11.1 Å². The second-order valence-corrected chi connectivity index (χ2v) is 10.6. The van der Waals surface area contributed by atoms with Gasteiger partial charge in [-0.15, -0.1) is 0 Å². The van der Waals surface area contributed by atoms with Gasteiger partial charge in [-0.05, 0) is 53.9 Å². The topological polar surface area (TPSA) is 115 Å². The highest BCUT2D eigenvalue weighted by molar-refractivity contribution is 6.34. The highest BCUT2D eigenvalue weighted by atomic mass is 35.5. The molecule has 0 radical (unpaired) electrons. The Bertz CT molecular complexity index is 1550. The van der Waals surface area contributed by atoms with Crippen molar-refractivity contribution in [2.45, 2.75) is 24.7 Å². The Morgan fingerprint density at radius 2 is 1.83 bits per heavy atom. The zero-order valence-electron chi connectivity index (χ0n) is 24.2. The molecule has 15 heteroatoms. The van der Waals surface area contributed by atoms with Gasteiger partial charge in [-0.2, -0.15) is 13.2 Å². The average Bonchev–Trinajstić information content (AvgIpc) is 3.02. The third-order valence-corrected chi connectivity index (χ3v) is 7.06. The first kappa shape index (κ1) is 34.6. The molecule has 3 aromatic rings. The van der Waals surface area contributed by atoms with E-state index in [0.717, 1.165) is 0 Å². The van der Waals surface area contributed by atoms with Crippen LogP contribution in [0.15, 0.2) is 73.0 Å². The van der Waals surface area contributed by atoms with E-state index in [9.17, 15) is 31.5 Å². The third-order valence-electron chi connectivity index (χ3n) is 6.75. The maximum absolute atomic E-state index is 14.6. The summed E-state index contributed by atoms with van der Waals surface area (Å²) in [5.74, 6) is -1.63. The molecule has 1 aliphatic heterocycles. The van der Waals surface area contributed by atoms with Gasteiger partial charge in [0.1, 0.15) is 48.1 Å². The van der Waals surface area contributed by atoms with Gasteiger partial charge in [0.2, 0.25) is 5.91 Å². The van der Waals surface area contributed by atoms with Gasteiger partial charge in [0.05, 0.1) is 29.9 Å². The minimum Gasteiger partial charge on any atom is -0.489 e. The molecule has 3 aromatic carbocycles. The van der Waals surface area contributed by atoms with Crippen molar-refractivity contribution in [3.8, 4) is 5.75 Å². The summed E-state index contributed by atoms with van der Waals surface area (Å²) in [5, 5.41) is 4.72. The van der Waals surface area contributed by atoms with Gasteiger partial charge < -0.3 is 30.6 Å². The number of rotatable bonds is 11. The molecular formula is C31H30ClF5N4O5. The van der Waals surface area contributed by atoms with Crippen molar-refractivity contribution in [3.05, 3.63) is 101 Å². The van der Waals surface area contributed by atoms with Gasteiger partial charge in [0, 0.05) is 6.54 Å². The lowest BCUT2D eigenvalue weighted by Gasteiger charge is -2.32. The molecule has 0 aliphatic carbocycles. The molecule has 4 N–H and O–H groups in total. The Labute approximate surface area is 266 Å². The molecule has 4 rings (SSSR count). The molecule has 1 aliphatic rings. The van der Waals surface area contributed by atoms with E-state index in [1.807, 2.05) is 0 Å². The quantitative estimate of drug-likeness (QED) is 0.186. The number of anilines is 2. The lowest BCUT2D eigenvalue weighted by atomic mass is 10.0. The van der Waals surface area contributed by atoms with E-state index in [4.69, 9.17) is 31.5 Å². The molecule has 0 bridgehead atoms. The van der Waals surface area contributed by atoms with Crippen LogP contribution in [0, 0.1) is 11.6 Å². The molecule has 0 unspecified atom stereocenters. The molecule has 9 nitrogen and oxygen atoms in total. The second-order valence-electron chi connectivity index (χ2n) is 10.1. The molecule has 2 amide bonds. The number of alkyl halides is 3. The first-order valence-electron chi connectivity index (χ1n) is 13.9. The van der Waals surface area contributed by atoms with Crippen molar-refractivity contribution >= 4 is 35.0 Å². The van der Waals surface area contributed by atoms with Crippen molar-refractivity contribution in [3.63, 3.8) is 0 Å². The Morgan fingerprint density at radius 1 is 1.11 bits per heavy atom. The minimum absolute atomic E-state index is 0.0460. The van der Waals surface area contributed by atoms with Gasteiger partial charge in [-0.1, -0.05) is 42.4 Å². The predicted octanol–water partition coefficient (Wildman–Crippen LogP) is 5.37. The van der Waals surface area contributed by atoms with Crippen LogP contribution in [0.2, 0.25) is 5.02 Å². The number of morpholine rings is 1. The molecule has 0 saturated carbocycles. The van der Waals surface area contributed by atoms with E-state index in [2.05, 4.69) is 11.9 Å². The Balaban J connectivity index is 1.48. The summed E-state index contributed by atoms with van der Waals surface area (Å²) in [4.78, 5) is 26.1. The van der Waals surface area contributed by atoms with Crippen LogP contribution >= 0.6 is 11.6 Å². The second kappa shape index (κ2) is 15.4. The molecule has 1 saturated heterocycles. The summed E-state index contributed by atoms with van der Waals surface area (Å²) >= 11 is 6.60. The summed E-state index contributed by atoms with van der Waals surface area (Å²) in [7, 11) is 0. The van der Waals surface area contributed by atoms with Crippen molar-refractivity contribution in [2.24, 2.45) is 5.73 Å². The summed E-state index contributed by atoms with van der Waals surface area (Å²) in [6, 6.07) is 13.7. The van der Waals surface area contributed by atoms with Crippen LogP contribution in [0.3, 0.4) is 0 Å². The van der Waals surface area contributed by atoms with Gasteiger partial charge in [0.25, 0.3) is 0 Å². The monoisotopic (exact) mass is 668 g/mol. The lowest BCUT2D eigenvalue weighted by Crippen LogP contribution is -2.50. The number of alkyl carbamates (subject to hydrolysis) is 1. The van der Waals surface area contributed by atoms with E-state index in [0.29, 0.717) is 11.1 Å². The first-order valence-corrected chi connectivity index (χ1v) is 14.3. The van der Waals surface area contributed by atoms with Crippen LogP contribution in [-0.4, -0.2) is 63.2 Å². The van der Waals surface area contributed by atoms with E-state index in [1.54, 1.807) is 29.6 Å². The predicted molar refractivity (Wildman–Crippen MR) is 160 cm³/mol. The summed E-state index contributed by atoms with van der Waals surface area (Å²) in [6.45, 7) is 1.64. The van der Waals surface area contributed by atoms with Crippen molar-refractivity contribution < 1.29 is 45.8 Å². The van der Waals surface area contributed by atoms with Crippen molar-refractivity contribution in [2.75, 3.05) is 37.7 Å². The average molecular weight is 669 g/mol.